The molecule has 1 aliphatic rings. The lowest BCUT2D eigenvalue weighted by atomic mass is 9.60. The van der Waals surface area contributed by atoms with Crippen LogP contribution in [0.3, 0.4) is 0 Å². The van der Waals surface area contributed by atoms with E-state index in [4.69, 9.17) is 5.11 Å². The van der Waals surface area contributed by atoms with E-state index >= 15 is 0 Å². The van der Waals surface area contributed by atoms with E-state index in [0.717, 1.165) is 25.3 Å². The summed E-state index contributed by atoms with van der Waals surface area (Å²) < 4.78 is 0. The summed E-state index contributed by atoms with van der Waals surface area (Å²) in [5.41, 5.74) is -0.395. The first kappa shape index (κ1) is 15.0. The molecular formula is C15H24O3. The van der Waals surface area contributed by atoms with Crippen LogP contribution in [0.1, 0.15) is 47.0 Å². The minimum absolute atomic E-state index is 0.176. The highest BCUT2D eigenvalue weighted by Crippen LogP contribution is 2.47. The number of aliphatic carboxylic acids is 1. The minimum Gasteiger partial charge on any atom is -0.478 e. The third kappa shape index (κ3) is 3.02. The van der Waals surface area contributed by atoms with E-state index in [2.05, 4.69) is 20.8 Å². The summed E-state index contributed by atoms with van der Waals surface area (Å²) in [5.74, 6) is -0.768. The van der Waals surface area contributed by atoms with Gasteiger partial charge in [0.15, 0.2) is 0 Å². The van der Waals surface area contributed by atoms with Gasteiger partial charge in [-0.15, -0.1) is 0 Å². The molecule has 0 saturated heterocycles. The van der Waals surface area contributed by atoms with E-state index in [0.29, 0.717) is 5.57 Å². The molecule has 0 amide bonds. The summed E-state index contributed by atoms with van der Waals surface area (Å²) in [6.07, 6.45) is 7.78. The van der Waals surface area contributed by atoms with Gasteiger partial charge in [0.05, 0.1) is 5.60 Å². The number of carboxylic acids is 1. The first-order valence-corrected chi connectivity index (χ1v) is 6.52. The maximum Gasteiger partial charge on any atom is 0.328 e. The zero-order valence-electron chi connectivity index (χ0n) is 11.7. The average molecular weight is 252 g/mol. The van der Waals surface area contributed by atoms with Gasteiger partial charge in [0.25, 0.3) is 0 Å². The predicted molar refractivity (Wildman–Crippen MR) is 72.3 cm³/mol. The highest BCUT2D eigenvalue weighted by Gasteiger charge is 2.47. The van der Waals surface area contributed by atoms with Crippen LogP contribution >= 0.6 is 0 Å². The lowest BCUT2D eigenvalue weighted by Gasteiger charge is -2.49. The van der Waals surface area contributed by atoms with Gasteiger partial charge in [0.1, 0.15) is 0 Å². The van der Waals surface area contributed by atoms with Crippen LogP contribution in [-0.2, 0) is 4.79 Å². The van der Waals surface area contributed by atoms with Crippen molar-refractivity contribution in [1.82, 2.24) is 0 Å². The fraction of sp³-hybridized carbons (Fsp3) is 0.667. The molecular weight excluding hydrogens is 228 g/mol. The van der Waals surface area contributed by atoms with Crippen molar-refractivity contribution in [1.29, 1.82) is 0 Å². The second-order valence-corrected chi connectivity index (χ2v) is 6.06. The second-order valence-electron chi connectivity index (χ2n) is 6.06. The number of hydrogen-bond acceptors (Lipinski definition) is 2. The Labute approximate surface area is 109 Å². The zero-order chi connectivity index (χ0) is 14.0. The van der Waals surface area contributed by atoms with Crippen molar-refractivity contribution in [2.45, 2.75) is 52.6 Å². The SMILES string of the molecule is CC(=C/C(=O)O)/C=C/[C@]1(O)[C@H](C)CCCC1(C)C. The largest absolute Gasteiger partial charge is 0.478 e. The smallest absolute Gasteiger partial charge is 0.328 e. The van der Waals surface area contributed by atoms with Crippen molar-refractivity contribution in [2.24, 2.45) is 11.3 Å². The van der Waals surface area contributed by atoms with E-state index in [1.54, 1.807) is 19.1 Å². The molecule has 0 radical (unpaired) electrons. The van der Waals surface area contributed by atoms with Crippen molar-refractivity contribution in [2.75, 3.05) is 0 Å². The molecule has 0 unspecified atom stereocenters. The third-order valence-electron chi connectivity index (χ3n) is 4.23. The molecule has 1 rings (SSSR count). The van der Waals surface area contributed by atoms with Crippen molar-refractivity contribution < 1.29 is 15.0 Å². The minimum atomic E-state index is -0.958. The Morgan fingerprint density at radius 3 is 2.50 bits per heavy atom. The topological polar surface area (TPSA) is 57.5 Å². The molecule has 0 aromatic heterocycles. The number of aliphatic hydroxyl groups is 1. The summed E-state index contributed by atoms with van der Waals surface area (Å²) in [6, 6.07) is 0. The predicted octanol–water partition coefficient (Wildman–Crippen LogP) is 3.15. The van der Waals surface area contributed by atoms with Crippen LogP contribution in [0.4, 0.5) is 0 Å². The van der Waals surface area contributed by atoms with Crippen LogP contribution in [0.2, 0.25) is 0 Å². The molecule has 102 valence electrons. The fourth-order valence-corrected chi connectivity index (χ4v) is 2.83. The van der Waals surface area contributed by atoms with Gasteiger partial charge in [-0.3, -0.25) is 0 Å². The standard InChI is InChI=1S/C15H24O3/c1-11(10-13(16)17)7-9-15(18)12(2)6-5-8-14(15,3)4/h7,9-10,12,18H,5-6,8H2,1-4H3,(H,16,17)/b9-7+,11-10-/t12-,15+/m1/s1. The third-order valence-corrected chi connectivity index (χ3v) is 4.23. The lowest BCUT2D eigenvalue weighted by Crippen LogP contribution is -2.50. The van der Waals surface area contributed by atoms with Gasteiger partial charge < -0.3 is 10.2 Å². The molecule has 3 heteroatoms. The first-order chi connectivity index (χ1) is 8.19. The van der Waals surface area contributed by atoms with Gasteiger partial charge >= 0.3 is 5.97 Å². The monoisotopic (exact) mass is 252 g/mol. The molecule has 0 aliphatic heterocycles. The summed E-state index contributed by atoms with van der Waals surface area (Å²) in [5, 5.41) is 19.6. The van der Waals surface area contributed by atoms with E-state index in [1.807, 2.05) is 0 Å². The van der Waals surface area contributed by atoms with Crippen LogP contribution in [0.15, 0.2) is 23.8 Å². The Morgan fingerprint density at radius 2 is 2.00 bits per heavy atom. The van der Waals surface area contributed by atoms with Crippen LogP contribution in [0, 0.1) is 11.3 Å². The molecule has 1 saturated carbocycles. The van der Waals surface area contributed by atoms with E-state index < -0.39 is 11.6 Å². The Morgan fingerprint density at radius 1 is 1.39 bits per heavy atom. The quantitative estimate of drug-likeness (QED) is 0.599. The van der Waals surface area contributed by atoms with Gasteiger partial charge in [-0.25, -0.2) is 4.79 Å². The molecule has 2 N–H and O–H groups in total. The summed E-state index contributed by atoms with van der Waals surface area (Å²) in [6.45, 7) is 7.93. The molecule has 2 atom stereocenters. The number of carboxylic acid groups (broad SMARTS) is 1. The molecule has 0 spiro atoms. The summed E-state index contributed by atoms with van der Waals surface area (Å²) >= 11 is 0. The highest BCUT2D eigenvalue weighted by molar-refractivity contribution is 5.81. The van der Waals surface area contributed by atoms with Crippen molar-refractivity contribution in [3.05, 3.63) is 23.8 Å². The first-order valence-electron chi connectivity index (χ1n) is 6.52. The number of hydrogen-bond donors (Lipinski definition) is 2. The van der Waals surface area contributed by atoms with E-state index in [9.17, 15) is 9.90 Å². The Bertz CT molecular complexity index is 379. The molecule has 0 heterocycles. The normalized spacial score (nSPS) is 32.7. The van der Waals surface area contributed by atoms with Crippen molar-refractivity contribution in [3.63, 3.8) is 0 Å². The molecule has 18 heavy (non-hydrogen) atoms. The Hall–Kier alpha value is -1.09. The van der Waals surface area contributed by atoms with Crippen LogP contribution in [0.25, 0.3) is 0 Å². The Balaban J connectivity index is 2.97. The van der Waals surface area contributed by atoms with Gasteiger partial charge in [0, 0.05) is 6.08 Å². The molecule has 0 aromatic carbocycles. The van der Waals surface area contributed by atoms with E-state index in [-0.39, 0.29) is 11.3 Å². The fourth-order valence-electron chi connectivity index (χ4n) is 2.83. The maximum atomic E-state index is 10.9. The van der Waals surface area contributed by atoms with Gasteiger partial charge in [-0.1, -0.05) is 39.3 Å². The van der Waals surface area contributed by atoms with E-state index in [1.165, 1.54) is 0 Å². The van der Waals surface area contributed by atoms with Crippen LogP contribution in [-0.4, -0.2) is 21.8 Å². The summed E-state index contributed by atoms with van der Waals surface area (Å²) in [4.78, 5) is 10.6. The second kappa shape index (κ2) is 5.27. The number of rotatable bonds is 3. The van der Waals surface area contributed by atoms with Crippen molar-refractivity contribution >= 4 is 5.97 Å². The van der Waals surface area contributed by atoms with Gasteiger partial charge in [-0.2, -0.15) is 0 Å². The van der Waals surface area contributed by atoms with Crippen LogP contribution in [0.5, 0.6) is 0 Å². The zero-order valence-corrected chi connectivity index (χ0v) is 11.7. The Kier molecular flexibility index (Phi) is 4.38. The molecule has 0 bridgehead atoms. The van der Waals surface area contributed by atoms with Crippen LogP contribution < -0.4 is 0 Å². The molecule has 1 aliphatic carbocycles. The highest BCUT2D eigenvalue weighted by atomic mass is 16.4. The van der Waals surface area contributed by atoms with Crippen molar-refractivity contribution in [3.8, 4) is 0 Å². The van der Waals surface area contributed by atoms with Gasteiger partial charge in [0.2, 0.25) is 0 Å². The lowest BCUT2D eigenvalue weighted by molar-refractivity contribution is -0.131. The molecule has 1 fully saturated rings. The summed E-state index contributed by atoms with van der Waals surface area (Å²) in [7, 11) is 0. The average Bonchev–Trinajstić information content (AvgIpc) is 2.22. The maximum absolute atomic E-state index is 10.9. The van der Waals surface area contributed by atoms with Gasteiger partial charge in [-0.05, 0) is 36.7 Å². The molecule has 0 aromatic rings. The number of allylic oxidation sites excluding steroid dienone is 2. The molecule has 3 nitrogen and oxygen atoms in total. The number of carbonyl (C=O) groups is 1.